The Labute approximate surface area is 181 Å². The second kappa shape index (κ2) is 8.52. The third kappa shape index (κ3) is 4.10. The standard InChI is InChI=1S/C25H23N5O/c31-23-12-3-4-14-30(23)20-9-5-7-18(15-20)16-27-25-21-10-1-2-11-22(21)28-24(29-25)19-8-6-13-26-17-19/h1-2,5-11,13,15,17H,3-4,12,14,16H2,(H,27,28,29). The summed E-state index contributed by atoms with van der Waals surface area (Å²) in [4.78, 5) is 27.9. The Balaban J connectivity index is 1.43. The molecular weight excluding hydrogens is 386 g/mol. The Morgan fingerprint density at radius 1 is 0.968 bits per heavy atom. The van der Waals surface area contributed by atoms with Gasteiger partial charge in [-0.3, -0.25) is 9.78 Å². The van der Waals surface area contributed by atoms with Crippen molar-refractivity contribution < 1.29 is 4.79 Å². The average molecular weight is 409 g/mol. The molecule has 4 aromatic rings. The molecule has 0 spiro atoms. The van der Waals surface area contributed by atoms with E-state index in [0.717, 1.165) is 52.9 Å². The number of nitrogens with one attached hydrogen (secondary N) is 1. The van der Waals surface area contributed by atoms with E-state index >= 15 is 0 Å². The van der Waals surface area contributed by atoms with Crippen LogP contribution in [0.15, 0.2) is 73.1 Å². The number of fused-ring (bicyclic) bond motifs is 1. The maximum atomic E-state index is 12.3. The molecule has 6 heteroatoms. The third-order valence-electron chi connectivity index (χ3n) is 5.53. The number of piperidine rings is 1. The molecule has 2 aromatic heterocycles. The van der Waals surface area contributed by atoms with E-state index in [1.165, 1.54) is 0 Å². The zero-order chi connectivity index (χ0) is 21.0. The highest BCUT2D eigenvalue weighted by Gasteiger charge is 2.19. The van der Waals surface area contributed by atoms with Crippen LogP contribution in [-0.2, 0) is 11.3 Å². The fourth-order valence-corrected chi connectivity index (χ4v) is 3.93. The summed E-state index contributed by atoms with van der Waals surface area (Å²) >= 11 is 0. The molecule has 1 amide bonds. The van der Waals surface area contributed by atoms with Crippen molar-refractivity contribution in [2.45, 2.75) is 25.8 Å². The molecule has 5 rings (SSSR count). The molecule has 0 radical (unpaired) electrons. The molecule has 31 heavy (non-hydrogen) atoms. The second-order valence-electron chi connectivity index (χ2n) is 7.68. The largest absolute Gasteiger partial charge is 0.365 e. The van der Waals surface area contributed by atoms with E-state index in [2.05, 4.69) is 22.4 Å². The highest BCUT2D eigenvalue weighted by Crippen LogP contribution is 2.26. The lowest BCUT2D eigenvalue weighted by molar-refractivity contribution is -0.119. The van der Waals surface area contributed by atoms with Crippen LogP contribution in [0.5, 0.6) is 0 Å². The van der Waals surface area contributed by atoms with Crippen molar-refractivity contribution >= 4 is 28.3 Å². The summed E-state index contributed by atoms with van der Waals surface area (Å²) in [6.45, 7) is 1.39. The number of rotatable bonds is 5. The van der Waals surface area contributed by atoms with Gasteiger partial charge >= 0.3 is 0 Å². The maximum Gasteiger partial charge on any atom is 0.226 e. The van der Waals surface area contributed by atoms with Crippen LogP contribution in [0, 0.1) is 0 Å². The molecule has 1 aliphatic rings. The van der Waals surface area contributed by atoms with Crippen molar-refractivity contribution in [2.24, 2.45) is 0 Å². The predicted molar refractivity (Wildman–Crippen MR) is 123 cm³/mol. The van der Waals surface area contributed by atoms with E-state index in [1.807, 2.05) is 53.4 Å². The van der Waals surface area contributed by atoms with Crippen molar-refractivity contribution in [2.75, 3.05) is 16.8 Å². The number of nitrogens with zero attached hydrogens (tertiary/aromatic N) is 4. The van der Waals surface area contributed by atoms with E-state index in [-0.39, 0.29) is 5.91 Å². The molecule has 154 valence electrons. The van der Waals surface area contributed by atoms with Crippen LogP contribution < -0.4 is 10.2 Å². The fraction of sp³-hybridized carbons (Fsp3) is 0.200. The normalized spacial score (nSPS) is 14.1. The van der Waals surface area contributed by atoms with Gasteiger partial charge in [0, 0.05) is 48.5 Å². The van der Waals surface area contributed by atoms with E-state index in [9.17, 15) is 4.79 Å². The quantitative estimate of drug-likeness (QED) is 0.512. The molecule has 0 bridgehead atoms. The highest BCUT2D eigenvalue weighted by atomic mass is 16.2. The van der Waals surface area contributed by atoms with Gasteiger partial charge in [0.05, 0.1) is 5.52 Å². The molecule has 0 saturated carbocycles. The lowest BCUT2D eigenvalue weighted by Gasteiger charge is -2.27. The number of pyridine rings is 1. The Hall–Kier alpha value is -3.80. The number of anilines is 2. The Bertz CT molecular complexity index is 1230. The summed E-state index contributed by atoms with van der Waals surface area (Å²) in [7, 11) is 0. The van der Waals surface area contributed by atoms with Crippen LogP contribution in [-0.4, -0.2) is 27.4 Å². The Morgan fingerprint density at radius 2 is 1.90 bits per heavy atom. The molecule has 0 unspecified atom stereocenters. The van der Waals surface area contributed by atoms with Gasteiger partial charge in [-0.2, -0.15) is 0 Å². The van der Waals surface area contributed by atoms with Crippen LogP contribution in [0.3, 0.4) is 0 Å². The molecule has 1 saturated heterocycles. The number of hydrogen-bond acceptors (Lipinski definition) is 5. The van der Waals surface area contributed by atoms with Gasteiger partial charge in [0.2, 0.25) is 5.91 Å². The molecule has 1 fully saturated rings. The van der Waals surface area contributed by atoms with Gasteiger partial charge in [-0.1, -0.05) is 24.3 Å². The topological polar surface area (TPSA) is 71.0 Å². The molecule has 1 aliphatic heterocycles. The number of carbonyl (C=O) groups excluding carboxylic acids is 1. The van der Waals surface area contributed by atoms with Crippen molar-refractivity contribution in [3.8, 4) is 11.4 Å². The van der Waals surface area contributed by atoms with Gasteiger partial charge in [-0.05, 0) is 54.8 Å². The monoisotopic (exact) mass is 409 g/mol. The first-order chi connectivity index (χ1) is 15.3. The number of aromatic nitrogens is 3. The van der Waals surface area contributed by atoms with Crippen molar-refractivity contribution in [1.29, 1.82) is 0 Å². The van der Waals surface area contributed by atoms with Crippen LogP contribution in [0.2, 0.25) is 0 Å². The molecule has 2 aromatic carbocycles. The third-order valence-corrected chi connectivity index (χ3v) is 5.53. The smallest absolute Gasteiger partial charge is 0.226 e. The first-order valence-corrected chi connectivity index (χ1v) is 10.6. The minimum atomic E-state index is 0.208. The van der Waals surface area contributed by atoms with E-state index < -0.39 is 0 Å². The highest BCUT2D eigenvalue weighted by molar-refractivity contribution is 5.94. The zero-order valence-corrected chi connectivity index (χ0v) is 17.2. The van der Waals surface area contributed by atoms with Crippen molar-refractivity contribution in [3.63, 3.8) is 0 Å². The lowest BCUT2D eigenvalue weighted by Crippen LogP contribution is -2.35. The van der Waals surface area contributed by atoms with E-state index in [0.29, 0.717) is 18.8 Å². The number of para-hydroxylation sites is 1. The number of hydrogen-bond donors (Lipinski definition) is 1. The molecule has 1 N–H and O–H groups in total. The summed E-state index contributed by atoms with van der Waals surface area (Å²) in [5.74, 6) is 1.63. The minimum Gasteiger partial charge on any atom is -0.365 e. The van der Waals surface area contributed by atoms with Crippen molar-refractivity contribution in [3.05, 3.63) is 78.6 Å². The Morgan fingerprint density at radius 3 is 2.77 bits per heavy atom. The Kier molecular flexibility index (Phi) is 5.27. The first kappa shape index (κ1) is 19.2. The van der Waals surface area contributed by atoms with Crippen LogP contribution in [0.25, 0.3) is 22.3 Å². The maximum absolute atomic E-state index is 12.3. The van der Waals surface area contributed by atoms with E-state index in [1.54, 1.807) is 12.4 Å². The van der Waals surface area contributed by atoms with Gasteiger partial charge in [0.25, 0.3) is 0 Å². The summed E-state index contributed by atoms with van der Waals surface area (Å²) in [6.07, 6.45) is 6.18. The number of carbonyl (C=O) groups is 1. The molecule has 6 nitrogen and oxygen atoms in total. The van der Waals surface area contributed by atoms with Crippen LogP contribution >= 0.6 is 0 Å². The van der Waals surface area contributed by atoms with Gasteiger partial charge in [0.15, 0.2) is 5.82 Å². The second-order valence-corrected chi connectivity index (χ2v) is 7.68. The molecule has 0 aliphatic carbocycles. The SMILES string of the molecule is O=C1CCCCN1c1cccc(CNc2nc(-c3cccnc3)nc3ccccc23)c1. The summed E-state index contributed by atoms with van der Waals surface area (Å²) < 4.78 is 0. The minimum absolute atomic E-state index is 0.208. The van der Waals surface area contributed by atoms with Crippen LogP contribution in [0.4, 0.5) is 11.5 Å². The first-order valence-electron chi connectivity index (χ1n) is 10.6. The number of benzene rings is 2. The molecular formula is C25H23N5O. The average Bonchev–Trinajstić information content (AvgIpc) is 2.83. The van der Waals surface area contributed by atoms with Crippen LogP contribution in [0.1, 0.15) is 24.8 Å². The fourth-order valence-electron chi connectivity index (χ4n) is 3.93. The summed E-state index contributed by atoms with van der Waals surface area (Å²) in [5.41, 5.74) is 3.82. The van der Waals surface area contributed by atoms with Gasteiger partial charge < -0.3 is 10.2 Å². The summed E-state index contributed by atoms with van der Waals surface area (Å²) in [6, 6.07) is 20.0. The summed E-state index contributed by atoms with van der Waals surface area (Å²) in [5, 5.41) is 4.45. The number of amides is 1. The van der Waals surface area contributed by atoms with Gasteiger partial charge in [-0.25, -0.2) is 9.97 Å². The van der Waals surface area contributed by atoms with E-state index in [4.69, 9.17) is 9.97 Å². The lowest BCUT2D eigenvalue weighted by atomic mass is 10.1. The predicted octanol–water partition coefficient (Wildman–Crippen LogP) is 4.82. The molecule has 0 atom stereocenters. The van der Waals surface area contributed by atoms with Crippen molar-refractivity contribution in [1.82, 2.24) is 15.0 Å². The zero-order valence-electron chi connectivity index (χ0n) is 17.2. The van der Waals surface area contributed by atoms with Gasteiger partial charge in [-0.15, -0.1) is 0 Å². The molecule has 3 heterocycles. The van der Waals surface area contributed by atoms with Gasteiger partial charge in [0.1, 0.15) is 5.82 Å².